The number of aliphatic hydroxyl groups excluding tert-OH is 1. The Bertz CT molecular complexity index is 1740. The molecule has 4 aromatic rings. The Morgan fingerprint density at radius 1 is 0.980 bits per heavy atom. The molecular formula is C40H47FN4O5. The molecule has 1 aromatic heterocycles. The molecule has 4 unspecified atom stereocenters. The Morgan fingerprint density at radius 3 is 2.36 bits per heavy atom. The van der Waals surface area contributed by atoms with Crippen LogP contribution in [0.25, 0.3) is 11.1 Å². The number of hydrogen-bond acceptors (Lipinski definition) is 7. The second-order valence-corrected chi connectivity index (χ2v) is 14.0. The number of para-hydroxylation sites is 1. The molecule has 264 valence electrons. The summed E-state index contributed by atoms with van der Waals surface area (Å²) in [5.41, 5.74) is 3.27. The van der Waals surface area contributed by atoms with Crippen LogP contribution in [-0.4, -0.2) is 60.5 Å². The van der Waals surface area contributed by atoms with Gasteiger partial charge in [0.2, 0.25) is 5.91 Å². The minimum Gasteiger partial charge on any atom is -0.493 e. The van der Waals surface area contributed by atoms with E-state index in [-0.39, 0.29) is 31.2 Å². The van der Waals surface area contributed by atoms with Crippen molar-refractivity contribution in [3.8, 4) is 16.9 Å². The van der Waals surface area contributed by atoms with Crippen molar-refractivity contribution in [2.24, 2.45) is 5.92 Å². The number of rotatable bonds is 12. The van der Waals surface area contributed by atoms with E-state index in [2.05, 4.69) is 15.6 Å². The highest BCUT2D eigenvalue weighted by Crippen LogP contribution is 2.32. The predicted molar refractivity (Wildman–Crippen MR) is 193 cm³/mol. The van der Waals surface area contributed by atoms with Crippen LogP contribution < -0.4 is 20.3 Å². The molecule has 1 aliphatic heterocycles. The number of halogens is 1. The van der Waals surface area contributed by atoms with Crippen molar-refractivity contribution in [1.29, 1.82) is 0 Å². The molecule has 10 heteroatoms. The molecular weight excluding hydrogens is 635 g/mol. The number of amides is 2. The summed E-state index contributed by atoms with van der Waals surface area (Å²) in [5.74, 6) is 0.0219. The average molecular weight is 683 g/mol. The lowest BCUT2D eigenvalue weighted by molar-refractivity contribution is -0.127. The monoisotopic (exact) mass is 682 g/mol. The zero-order chi connectivity index (χ0) is 35.8. The molecule has 3 aromatic carbocycles. The largest absolute Gasteiger partial charge is 0.493 e. The van der Waals surface area contributed by atoms with Gasteiger partial charge in [0.15, 0.2) is 0 Å². The number of ether oxygens (including phenoxy) is 2. The van der Waals surface area contributed by atoms with Gasteiger partial charge in [0, 0.05) is 43.8 Å². The first-order valence-electron chi connectivity index (χ1n) is 17.0. The van der Waals surface area contributed by atoms with E-state index in [1.807, 2.05) is 85.9 Å². The SMILES string of the molecule is CN(C)c1ccc(-c2ccc(CC(NC(=O)OC(C)(C)C)C(O)CC(Cc3ccccc3F)C(=O)NC3CCOc4ccccc43)cc2)cn1. The maximum atomic E-state index is 14.9. The number of fused-ring (bicyclic) bond motifs is 1. The Morgan fingerprint density at radius 2 is 1.68 bits per heavy atom. The summed E-state index contributed by atoms with van der Waals surface area (Å²) in [7, 11) is 3.87. The van der Waals surface area contributed by atoms with Gasteiger partial charge in [0.1, 0.15) is 23.0 Å². The van der Waals surface area contributed by atoms with Crippen molar-refractivity contribution in [3.63, 3.8) is 0 Å². The fraction of sp³-hybridized carbons (Fsp3) is 0.375. The smallest absolute Gasteiger partial charge is 0.407 e. The summed E-state index contributed by atoms with van der Waals surface area (Å²) < 4.78 is 26.2. The second kappa shape index (κ2) is 16.2. The van der Waals surface area contributed by atoms with Gasteiger partial charge in [-0.2, -0.15) is 0 Å². The van der Waals surface area contributed by atoms with Gasteiger partial charge in [-0.1, -0.05) is 60.7 Å². The summed E-state index contributed by atoms with van der Waals surface area (Å²) in [4.78, 5) is 33.4. The Labute approximate surface area is 293 Å². The molecule has 4 atom stereocenters. The van der Waals surface area contributed by atoms with Crippen LogP contribution in [0.1, 0.15) is 56.3 Å². The van der Waals surface area contributed by atoms with Crippen molar-refractivity contribution < 1.29 is 28.6 Å². The van der Waals surface area contributed by atoms with Crippen molar-refractivity contribution in [3.05, 3.63) is 114 Å². The maximum absolute atomic E-state index is 14.9. The van der Waals surface area contributed by atoms with Crippen molar-refractivity contribution in [1.82, 2.24) is 15.6 Å². The van der Waals surface area contributed by atoms with Crippen LogP contribution in [0.4, 0.5) is 15.0 Å². The first kappa shape index (κ1) is 36.3. The number of aromatic nitrogens is 1. The quantitative estimate of drug-likeness (QED) is 0.154. The van der Waals surface area contributed by atoms with Crippen LogP contribution in [0.3, 0.4) is 0 Å². The van der Waals surface area contributed by atoms with Crippen LogP contribution in [0.5, 0.6) is 5.75 Å². The Kier molecular flexibility index (Phi) is 11.7. The predicted octanol–water partition coefficient (Wildman–Crippen LogP) is 6.64. The number of aliphatic hydroxyl groups is 1. The van der Waals surface area contributed by atoms with Crippen molar-refractivity contribution >= 4 is 17.8 Å². The van der Waals surface area contributed by atoms with Crippen molar-refractivity contribution in [2.45, 2.75) is 70.2 Å². The van der Waals surface area contributed by atoms with Gasteiger partial charge in [0.05, 0.1) is 24.8 Å². The molecule has 50 heavy (non-hydrogen) atoms. The summed E-state index contributed by atoms with van der Waals surface area (Å²) >= 11 is 0. The highest BCUT2D eigenvalue weighted by atomic mass is 19.1. The number of carbonyl (C=O) groups excluding carboxylic acids is 2. The topological polar surface area (TPSA) is 113 Å². The van der Waals surface area contributed by atoms with E-state index in [9.17, 15) is 19.1 Å². The molecule has 5 rings (SSSR count). The number of carbonyl (C=O) groups is 2. The number of anilines is 1. The molecule has 2 amide bonds. The molecule has 0 radical (unpaired) electrons. The lowest BCUT2D eigenvalue weighted by Gasteiger charge is -2.31. The maximum Gasteiger partial charge on any atom is 0.407 e. The summed E-state index contributed by atoms with van der Waals surface area (Å²) in [6, 6.07) is 24.6. The third-order valence-corrected chi connectivity index (χ3v) is 8.71. The van der Waals surface area contributed by atoms with Gasteiger partial charge >= 0.3 is 6.09 Å². The Balaban J connectivity index is 1.37. The zero-order valence-corrected chi connectivity index (χ0v) is 29.4. The van der Waals surface area contributed by atoms with Gasteiger partial charge in [-0.05, 0) is 81.0 Å². The van der Waals surface area contributed by atoms with Gasteiger partial charge in [-0.3, -0.25) is 4.79 Å². The third-order valence-electron chi connectivity index (χ3n) is 8.71. The van der Waals surface area contributed by atoms with E-state index in [1.54, 1.807) is 39.0 Å². The minimum atomic E-state index is -1.17. The second-order valence-electron chi connectivity index (χ2n) is 14.0. The number of benzene rings is 3. The number of alkyl carbamates (subject to hydrolysis) is 1. The summed E-state index contributed by atoms with van der Waals surface area (Å²) in [5, 5.41) is 17.8. The molecule has 9 nitrogen and oxygen atoms in total. The lowest BCUT2D eigenvalue weighted by atomic mass is 9.87. The van der Waals surface area contributed by atoms with E-state index in [1.165, 1.54) is 6.07 Å². The number of nitrogens with zero attached hydrogens (tertiary/aromatic N) is 2. The number of pyridine rings is 1. The molecule has 1 aliphatic rings. The molecule has 0 saturated heterocycles. The van der Waals surface area contributed by atoms with E-state index < -0.39 is 35.6 Å². The van der Waals surface area contributed by atoms with Gasteiger partial charge in [-0.25, -0.2) is 14.2 Å². The summed E-state index contributed by atoms with van der Waals surface area (Å²) in [6.07, 6.45) is 0.837. The van der Waals surface area contributed by atoms with E-state index >= 15 is 0 Å². The first-order chi connectivity index (χ1) is 23.9. The first-order valence-corrected chi connectivity index (χ1v) is 17.0. The molecule has 0 saturated carbocycles. The Hall–Kier alpha value is -4.96. The standard InChI is InChI=1S/C40H47FN4O5/c1-40(2,3)50-39(48)44-34(22-26-14-16-27(17-15-26)29-18-19-37(42-25-29)45(4)5)35(46)24-30(23-28-10-6-8-12-32(28)41)38(47)43-33-20-21-49-36-13-9-7-11-31(33)36/h6-19,25,30,33-35,46H,20-24H2,1-5H3,(H,43,47)(H,44,48). The highest BCUT2D eigenvalue weighted by Gasteiger charge is 2.32. The fourth-order valence-electron chi connectivity index (χ4n) is 6.10. The van der Waals surface area contributed by atoms with Crippen LogP contribution in [-0.2, 0) is 22.4 Å². The minimum absolute atomic E-state index is 0.0343. The van der Waals surface area contributed by atoms with E-state index in [4.69, 9.17) is 9.47 Å². The average Bonchev–Trinajstić information content (AvgIpc) is 3.08. The van der Waals surface area contributed by atoms with Crippen molar-refractivity contribution in [2.75, 3.05) is 25.6 Å². The fourth-order valence-corrected chi connectivity index (χ4v) is 6.10. The van der Waals surface area contributed by atoms with Gasteiger partial charge in [-0.15, -0.1) is 0 Å². The van der Waals surface area contributed by atoms with Crippen LogP contribution in [0.2, 0.25) is 0 Å². The van der Waals surface area contributed by atoms with Crippen LogP contribution in [0.15, 0.2) is 91.1 Å². The van der Waals surface area contributed by atoms with Crippen LogP contribution in [0, 0.1) is 11.7 Å². The molecule has 3 N–H and O–H groups in total. The lowest BCUT2D eigenvalue weighted by Crippen LogP contribution is -2.48. The molecule has 0 aliphatic carbocycles. The summed E-state index contributed by atoms with van der Waals surface area (Å²) in [6.45, 7) is 5.74. The number of hydrogen-bond donors (Lipinski definition) is 3. The zero-order valence-electron chi connectivity index (χ0n) is 29.4. The normalized spacial score (nSPS) is 15.9. The van der Waals surface area contributed by atoms with Gasteiger partial charge in [0.25, 0.3) is 0 Å². The molecule has 0 fully saturated rings. The van der Waals surface area contributed by atoms with E-state index in [0.29, 0.717) is 24.3 Å². The number of nitrogens with one attached hydrogen (secondary N) is 2. The third kappa shape index (κ3) is 9.81. The van der Waals surface area contributed by atoms with E-state index in [0.717, 1.165) is 28.1 Å². The molecule has 0 spiro atoms. The molecule has 2 heterocycles. The molecule has 0 bridgehead atoms. The van der Waals surface area contributed by atoms with Gasteiger partial charge < -0.3 is 30.1 Å². The highest BCUT2D eigenvalue weighted by molar-refractivity contribution is 5.80. The van der Waals surface area contributed by atoms with Crippen LogP contribution >= 0.6 is 0 Å².